The predicted octanol–water partition coefficient (Wildman–Crippen LogP) is 6.08. The van der Waals surface area contributed by atoms with E-state index in [4.69, 9.17) is 27.9 Å². The van der Waals surface area contributed by atoms with Crippen molar-refractivity contribution in [2.75, 3.05) is 25.1 Å². The van der Waals surface area contributed by atoms with Gasteiger partial charge in [0.15, 0.2) is 0 Å². The van der Waals surface area contributed by atoms with Gasteiger partial charge in [-0.15, -0.1) is 0 Å². The molecule has 1 aliphatic rings. The molecule has 0 saturated heterocycles. The molecule has 0 bridgehead atoms. The van der Waals surface area contributed by atoms with Crippen LogP contribution in [0.4, 0.5) is 10.1 Å². The van der Waals surface area contributed by atoms with Crippen molar-refractivity contribution in [2.24, 2.45) is 0 Å². The fraction of sp³-hybridized carbons (Fsp3) is 0.192. The first-order chi connectivity index (χ1) is 16.4. The normalized spacial score (nSPS) is 13.9. The molecular weight excluding hydrogens is 476 g/mol. The van der Waals surface area contributed by atoms with Crippen molar-refractivity contribution in [1.82, 2.24) is 9.80 Å². The number of ether oxygens (including phenoxy) is 1. The summed E-state index contributed by atoms with van der Waals surface area (Å²) in [4.78, 5) is 16.4. The van der Waals surface area contributed by atoms with Crippen LogP contribution in [0.1, 0.15) is 17.2 Å². The summed E-state index contributed by atoms with van der Waals surface area (Å²) in [6, 6.07) is 20.9. The number of anilines is 1. The molecule has 0 aliphatic carbocycles. The number of hydrogen-bond donors (Lipinski definition) is 1. The van der Waals surface area contributed by atoms with Gasteiger partial charge in [-0.3, -0.25) is 4.79 Å². The van der Waals surface area contributed by atoms with E-state index in [2.05, 4.69) is 10.2 Å². The Bertz CT molecular complexity index is 1120. The summed E-state index contributed by atoms with van der Waals surface area (Å²) in [6.45, 7) is 1.76. The highest BCUT2D eigenvalue weighted by Crippen LogP contribution is 2.24. The number of carbonyl (C=O) groups is 1. The summed E-state index contributed by atoms with van der Waals surface area (Å²) in [5.74, 6) is -0.518. The lowest BCUT2D eigenvalue weighted by Gasteiger charge is -2.26. The van der Waals surface area contributed by atoms with Crippen LogP contribution in [0, 0.1) is 5.82 Å². The van der Waals surface area contributed by atoms with Crippen LogP contribution in [-0.2, 0) is 16.1 Å². The van der Waals surface area contributed by atoms with E-state index in [1.54, 1.807) is 0 Å². The highest BCUT2D eigenvalue weighted by atomic mass is 35.5. The van der Waals surface area contributed by atoms with Gasteiger partial charge in [0.05, 0.1) is 19.8 Å². The smallest absolute Gasteiger partial charge is 0.243 e. The fourth-order valence-electron chi connectivity index (χ4n) is 3.58. The van der Waals surface area contributed by atoms with Gasteiger partial charge in [0.25, 0.3) is 0 Å². The molecule has 0 aromatic heterocycles. The van der Waals surface area contributed by atoms with Crippen LogP contribution in [0.15, 0.2) is 85.2 Å². The van der Waals surface area contributed by atoms with Crippen LogP contribution >= 0.6 is 23.2 Å². The maximum Gasteiger partial charge on any atom is 0.243 e. The van der Waals surface area contributed by atoms with Crippen LogP contribution < -0.4 is 5.32 Å². The molecule has 1 unspecified atom stereocenters. The van der Waals surface area contributed by atoms with Crippen LogP contribution in [0.25, 0.3) is 0 Å². The molecule has 34 heavy (non-hydrogen) atoms. The van der Waals surface area contributed by atoms with Crippen molar-refractivity contribution in [1.29, 1.82) is 0 Å². The number of amides is 1. The third kappa shape index (κ3) is 6.97. The highest BCUT2D eigenvalue weighted by Gasteiger charge is 2.21. The molecule has 1 heterocycles. The summed E-state index contributed by atoms with van der Waals surface area (Å²) in [5, 5.41) is 4.13. The molecule has 0 spiro atoms. The van der Waals surface area contributed by atoms with Gasteiger partial charge in [-0.25, -0.2) is 4.39 Å². The van der Waals surface area contributed by atoms with E-state index < -0.39 is 0 Å². The van der Waals surface area contributed by atoms with Crippen LogP contribution in [0.5, 0.6) is 0 Å². The lowest BCUT2D eigenvalue weighted by atomic mass is 10.1. The zero-order valence-corrected chi connectivity index (χ0v) is 19.8. The summed E-state index contributed by atoms with van der Waals surface area (Å²) in [5.41, 5.74) is 2.60. The van der Waals surface area contributed by atoms with E-state index in [1.807, 2.05) is 65.8 Å². The van der Waals surface area contributed by atoms with Gasteiger partial charge >= 0.3 is 0 Å². The van der Waals surface area contributed by atoms with E-state index in [-0.39, 0.29) is 24.4 Å². The third-order valence-electron chi connectivity index (χ3n) is 5.33. The average Bonchev–Trinajstić information content (AvgIpc) is 3.26. The Balaban J connectivity index is 1.34. The van der Waals surface area contributed by atoms with Crippen molar-refractivity contribution in [3.05, 3.63) is 112 Å². The number of nitrogens with one attached hydrogen (secondary N) is 1. The molecule has 3 aromatic rings. The number of benzene rings is 3. The van der Waals surface area contributed by atoms with E-state index in [1.165, 1.54) is 24.3 Å². The Morgan fingerprint density at radius 3 is 2.21 bits per heavy atom. The zero-order valence-electron chi connectivity index (χ0n) is 18.3. The molecule has 8 heteroatoms. The first-order valence-corrected chi connectivity index (χ1v) is 11.5. The minimum atomic E-state index is -0.343. The van der Waals surface area contributed by atoms with Crippen LogP contribution in [0.2, 0.25) is 10.0 Å². The summed E-state index contributed by atoms with van der Waals surface area (Å²) in [6.07, 6.45) is 3.62. The maximum absolute atomic E-state index is 13.1. The molecule has 4 rings (SSSR count). The van der Waals surface area contributed by atoms with Gasteiger partial charge in [0.2, 0.25) is 5.91 Å². The van der Waals surface area contributed by atoms with Gasteiger partial charge < -0.3 is 19.9 Å². The second-order valence-electron chi connectivity index (χ2n) is 7.99. The molecule has 5 nitrogen and oxygen atoms in total. The molecular formula is C26H24Cl2FN3O2. The van der Waals surface area contributed by atoms with E-state index >= 15 is 0 Å². The van der Waals surface area contributed by atoms with Crippen molar-refractivity contribution in [3.8, 4) is 0 Å². The van der Waals surface area contributed by atoms with Gasteiger partial charge in [0.1, 0.15) is 11.9 Å². The number of carbonyl (C=O) groups excluding carboxylic acids is 1. The molecule has 0 fully saturated rings. The number of hydrogen-bond acceptors (Lipinski definition) is 4. The second-order valence-corrected chi connectivity index (χ2v) is 8.86. The Morgan fingerprint density at radius 1 is 0.912 bits per heavy atom. The molecule has 1 N–H and O–H groups in total. The molecule has 3 aromatic carbocycles. The Morgan fingerprint density at radius 2 is 1.53 bits per heavy atom. The third-order valence-corrected chi connectivity index (χ3v) is 5.84. The minimum absolute atomic E-state index is 0.175. The van der Waals surface area contributed by atoms with Crippen molar-refractivity contribution >= 4 is 34.8 Å². The van der Waals surface area contributed by atoms with Gasteiger partial charge in [-0.1, -0.05) is 47.5 Å². The summed E-state index contributed by atoms with van der Waals surface area (Å²) >= 11 is 12.1. The van der Waals surface area contributed by atoms with Gasteiger partial charge in [-0.05, 0) is 59.7 Å². The fourth-order valence-corrected chi connectivity index (χ4v) is 3.83. The van der Waals surface area contributed by atoms with Gasteiger partial charge in [-0.2, -0.15) is 0 Å². The second kappa shape index (κ2) is 11.4. The van der Waals surface area contributed by atoms with E-state index in [0.29, 0.717) is 35.6 Å². The predicted molar refractivity (Wildman–Crippen MR) is 133 cm³/mol. The molecule has 0 radical (unpaired) electrons. The van der Waals surface area contributed by atoms with Crippen LogP contribution in [0.3, 0.4) is 0 Å². The molecule has 1 amide bonds. The van der Waals surface area contributed by atoms with Gasteiger partial charge in [0, 0.05) is 34.7 Å². The molecule has 0 saturated carbocycles. The first kappa shape index (κ1) is 24.1. The monoisotopic (exact) mass is 499 g/mol. The quantitative estimate of drug-likeness (QED) is 0.387. The number of nitrogens with zero attached hydrogens (tertiary/aromatic N) is 2. The van der Waals surface area contributed by atoms with E-state index in [9.17, 15) is 9.18 Å². The Kier molecular flexibility index (Phi) is 8.06. The number of halogens is 3. The molecule has 176 valence electrons. The van der Waals surface area contributed by atoms with Crippen molar-refractivity contribution < 1.29 is 13.9 Å². The summed E-state index contributed by atoms with van der Waals surface area (Å²) < 4.78 is 19.3. The average molecular weight is 500 g/mol. The van der Waals surface area contributed by atoms with Crippen molar-refractivity contribution in [3.63, 3.8) is 0 Å². The topological polar surface area (TPSA) is 44.8 Å². The highest BCUT2D eigenvalue weighted by molar-refractivity contribution is 6.30. The maximum atomic E-state index is 13.1. The minimum Gasteiger partial charge on any atom is -0.367 e. The Hall–Kier alpha value is -3.06. The molecule has 1 atom stereocenters. The largest absolute Gasteiger partial charge is 0.367 e. The van der Waals surface area contributed by atoms with Crippen LogP contribution in [-0.4, -0.2) is 35.5 Å². The lowest BCUT2D eigenvalue weighted by molar-refractivity contribution is -0.116. The number of rotatable bonds is 9. The van der Waals surface area contributed by atoms with Crippen molar-refractivity contribution in [2.45, 2.75) is 12.7 Å². The zero-order chi connectivity index (χ0) is 23.9. The molecule has 1 aliphatic heterocycles. The SMILES string of the molecule is O=C(CN1C=CN(CC(OCc2ccc(Cl)cc2)c2ccc(Cl)cc2)C1)Nc1ccc(F)cc1. The summed E-state index contributed by atoms with van der Waals surface area (Å²) in [7, 11) is 0. The Labute approximate surface area is 208 Å². The van der Waals surface area contributed by atoms with E-state index in [0.717, 1.165) is 11.1 Å². The first-order valence-electron chi connectivity index (χ1n) is 10.8. The lowest BCUT2D eigenvalue weighted by Crippen LogP contribution is -2.34. The standard InChI is InChI=1S/C26H24Cl2FN3O2/c27-21-5-1-19(2-6-21)17-34-25(20-3-7-22(28)8-4-20)15-31-13-14-32(18-31)16-26(33)30-24-11-9-23(29)10-12-24/h1-14,25H,15-18H2,(H,30,33).